The Morgan fingerprint density at radius 3 is 2.79 bits per heavy atom. The number of halogens is 1. The van der Waals surface area contributed by atoms with E-state index < -0.39 is 0 Å². The van der Waals surface area contributed by atoms with Gasteiger partial charge in [0.1, 0.15) is 0 Å². The molecule has 19 heavy (non-hydrogen) atoms. The van der Waals surface area contributed by atoms with Gasteiger partial charge in [0.05, 0.1) is 12.2 Å². The van der Waals surface area contributed by atoms with Crippen molar-refractivity contribution >= 4 is 27.6 Å². The van der Waals surface area contributed by atoms with Gasteiger partial charge in [0.25, 0.3) is 5.56 Å². The number of anilines is 2. The maximum atomic E-state index is 11.6. The van der Waals surface area contributed by atoms with Crippen LogP contribution in [0.2, 0.25) is 0 Å². The van der Waals surface area contributed by atoms with E-state index in [-0.39, 0.29) is 11.5 Å². The Balaban J connectivity index is 2.24. The molecule has 0 aliphatic heterocycles. The zero-order valence-corrected chi connectivity index (χ0v) is 12.4. The Labute approximate surface area is 119 Å². The summed E-state index contributed by atoms with van der Waals surface area (Å²) in [4.78, 5) is 17.9. The van der Waals surface area contributed by atoms with Crippen molar-refractivity contribution in [3.05, 3.63) is 50.9 Å². The van der Waals surface area contributed by atoms with Gasteiger partial charge in [-0.05, 0) is 18.2 Å². The van der Waals surface area contributed by atoms with E-state index >= 15 is 0 Å². The molecular formula is C13H15BrN4O. The highest BCUT2D eigenvalue weighted by Gasteiger charge is 2.07. The molecule has 1 aromatic carbocycles. The molecule has 2 rings (SSSR count). The van der Waals surface area contributed by atoms with Crippen LogP contribution in [0.4, 0.5) is 11.6 Å². The molecule has 0 spiro atoms. The van der Waals surface area contributed by atoms with Crippen LogP contribution in [0.3, 0.4) is 0 Å². The number of hydrogen-bond acceptors (Lipinski definition) is 4. The second-order valence-electron chi connectivity index (χ2n) is 4.34. The Kier molecular flexibility index (Phi) is 3.90. The van der Waals surface area contributed by atoms with Crippen LogP contribution in [0.15, 0.2) is 39.6 Å². The quantitative estimate of drug-likeness (QED) is 0.935. The number of nitrogens with two attached hydrogens (primary N) is 1. The zero-order valence-electron chi connectivity index (χ0n) is 10.8. The van der Waals surface area contributed by atoms with E-state index in [1.807, 2.05) is 36.2 Å². The molecule has 100 valence electrons. The Morgan fingerprint density at radius 1 is 1.42 bits per heavy atom. The number of rotatable bonds is 3. The molecule has 0 bridgehead atoms. The molecule has 1 heterocycles. The molecule has 2 aromatic rings. The van der Waals surface area contributed by atoms with Crippen molar-refractivity contribution in [2.24, 2.45) is 7.05 Å². The predicted molar refractivity (Wildman–Crippen MR) is 80.1 cm³/mol. The Bertz CT molecular complexity index is 653. The lowest BCUT2D eigenvalue weighted by Crippen LogP contribution is -2.25. The van der Waals surface area contributed by atoms with Crippen molar-refractivity contribution in [2.45, 2.75) is 6.54 Å². The van der Waals surface area contributed by atoms with E-state index in [2.05, 4.69) is 20.9 Å². The second kappa shape index (κ2) is 5.44. The Hall–Kier alpha value is -1.82. The summed E-state index contributed by atoms with van der Waals surface area (Å²) >= 11 is 3.43. The van der Waals surface area contributed by atoms with E-state index in [4.69, 9.17) is 5.73 Å². The van der Waals surface area contributed by atoms with Crippen molar-refractivity contribution in [3.8, 4) is 0 Å². The summed E-state index contributed by atoms with van der Waals surface area (Å²) < 4.78 is 2.33. The fourth-order valence-electron chi connectivity index (χ4n) is 1.74. The van der Waals surface area contributed by atoms with Crippen LogP contribution < -0.4 is 16.2 Å². The molecule has 0 saturated carbocycles. The molecule has 0 aliphatic carbocycles. The monoisotopic (exact) mass is 322 g/mol. The third-order valence-corrected chi connectivity index (χ3v) is 3.36. The van der Waals surface area contributed by atoms with Gasteiger partial charge in [0.15, 0.2) is 0 Å². The summed E-state index contributed by atoms with van der Waals surface area (Å²) in [5, 5.41) is 0. The summed E-state index contributed by atoms with van der Waals surface area (Å²) in [6.45, 7) is 0.525. The first-order chi connectivity index (χ1) is 8.97. The second-order valence-corrected chi connectivity index (χ2v) is 5.25. The molecule has 0 fully saturated rings. The van der Waals surface area contributed by atoms with E-state index in [1.165, 1.54) is 10.6 Å². The van der Waals surface area contributed by atoms with Crippen molar-refractivity contribution in [3.63, 3.8) is 0 Å². The molecule has 6 heteroatoms. The van der Waals surface area contributed by atoms with Gasteiger partial charge in [-0.2, -0.15) is 0 Å². The summed E-state index contributed by atoms with van der Waals surface area (Å²) in [6.07, 6.45) is 0. The average Bonchev–Trinajstić information content (AvgIpc) is 2.36. The van der Waals surface area contributed by atoms with Gasteiger partial charge in [0.2, 0.25) is 5.95 Å². The Morgan fingerprint density at radius 2 is 2.16 bits per heavy atom. The minimum atomic E-state index is -0.148. The van der Waals surface area contributed by atoms with E-state index in [1.54, 1.807) is 7.05 Å². The predicted octanol–water partition coefficient (Wildman–Crippen LogP) is 1.76. The highest BCUT2D eigenvalue weighted by Crippen LogP contribution is 2.19. The van der Waals surface area contributed by atoms with Crippen LogP contribution >= 0.6 is 15.9 Å². The van der Waals surface area contributed by atoms with Crippen LogP contribution in [0, 0.1) is 0 Å². The highest BCUT2D eigenvalue weighted by molar-refractivity contribution is 9.10. The topological polar surface area (TPSA) is 64.2 Å². The van der Waals surface area contributed by atoms with Gasteiger partial charge in [-0.15, -0.1) is 0 Å². The molecule has 2 N–H and O–H groups in total. The summed E-state index contributed by atoms with van der Waals surface area (Å²) in [5.74, 6) is 0.227. The van der Waals surface area contributed by atoms with Crippen molar-refractivity contribution in [1.29, 1.82) is 0 Å². The van der Waals surface area contributed by atoms with Gasteiger partial charge in [-0.1, -0.05) is 22.0 Å². The van der Waals surface area contributed by atoms with E-state index in [0.29, 0.717) is 12.2 Å². The number of nitrogen functional groups attached to an aromatic ring is 1. The highest BCUT2D eigenvalue weighted by atomic mass is 79.9. The first kappa shape index (κ1) is 13.6. The normalized spacial score (nSPS) is 10.5. The lowest BCUT2D eigenvalue weighted by Gasteiger charge is -2.19. The van der Waals surface area contributed by atoms with Crippen LogP contribution in [0.1, 0.15) is 5.69 Å². The minimum Gasteiger partial charge on any atom is -0.369 e. The average molecular weight is 323 g/mol. The summed E-state index contributed by atoms with van der Waals surface area (Å²) in [7, 11) is 3.55. The molecule has 0 unspecified atom stereocenters. The van der Waals surface area contributed by atoms with Crippen molar-refractivity contribution in [1.82, 2.24) is 9.55 Å². The SMILES string of the molecule is CN(Cc1cc(=O)n(C)c(N)n1)c1cccc(Br)c1. The maximum absolute atomic E-state index is 11.6. The first-order valence-corrected chi connectivity index (χ1v) is 6.56. The third kappa shape index (κ3) is 3.14. The lowest BCUT2D eigenvalue weighted by molar-refractivity contribution is 0.800. The zero-order chi connectivity index (χ0) is 14.0. The van der Waals surface area contributed by atoms with Gasteiger partial charge in [0, 0.05) is 30.3 Å². The van der Waals surface area contributed by atoms with Crippen LogP contribution in [-0.4, -0.2) is 16.6 Å². The fourth-order valence-corrected chi connectivity index (χ4v) is 2.12. The van der Waals surface area contributed by atoms with Crippen molar-refractivity contribution < 1.29 is 0 Å². The minimum absolute atomic E-state index is 0.148. The molecule has 1 aromatic heterocycles. The smallest absolute Gasteiger partial charge is 0.254 e. The van der Waals surface area contributed by atoms with Crippen LogP contribution in [-0.2, 0) is 13.6 Å². The number of benzene rings is 1. The van der Waals surface area contributed by atoms with Crippen LogP contribution in [0.25, 0.3) is 0 Å². The van der Waals surface area contributed by atoms with E-state index in [0.717, 1.165) is 10.2 Å². The fraction of sp³-hybridized carbons (Fsp3) is 0.231. The molecular weight excluding hydrogens is 308 g/mol. The van der Waals surface area contributed by atoms with Gasteiger partial charge in [-0.25, -0.2) is 4.98 Å². The first-order valence-electron chi connectivity index (χ1n) is 5.76. The number of nitrogens with zero attached hydrogens (tertiary/aromatic N) is 3. The van der Waals surface area contributed by atoms with Gasteiger partial charge < -0.3 is 10.6 Å². The molecule has 0 amide bonds. The summed E-state index contributed by atoms with van der Waals surface area (Å²) in [6, 6.07) is 9.43. The lowest BCUT2D eigenvalue weighted by atomic mass is 10.3. The third-order valence-electron chi connectivity index (χ3n) is 2.87. The molecule has 0 saturated heterocycles. The van der Waals surface area contributed by atoms with Gasteiger partial charge >= 0.3 is 0 Å². The molecule has 0 aliphatic rings. The summed E-state index contributed by atoms with van der Waals surface area (Å²) in [5.41, 5.74) is 7.23. The molecule has 0 atom stereocenters. The number of aromatic nitrogens is 2. The van der Waals surface area contributed by atoms with E-state index in [9.17, 15) is 4.79 Å². The standard InChI is InChI=1S/C13H15BrN4O/c1-17(11-5-3-4-9(14)6-11)8-10-7-12(19)18(2)13(15)16-10/h3-7H,8H2,1-2H3,(H2,15,16). The maximum Gasteiger partial charge on any atom is 0.254 e. The molecule has 5 nitrogen and oxygen atoms in total. The van der Waals surface area contributed by atoms with Gasteiger partial charge in [-0.3, -0.25) is 9.36 Å². The van der Waals surface area contributed by atoms with Crippen LogP contribution in [0.5, 0.6) is 0 Å². The molecule has 0 radical (unpaired) electrons. The number of hydrogen-bond donors (Lipinski definition) is 1. The van der Waals surface area contributed by atoms with Crippen molar-refractivity contribution in [2.75, 3.05) is 17.7 Å². The largest absolute Gasteiger partial charge is 0.369 e.